The molecular formula is C22H26N2O3. The van der Waals surface area contributed by atoms with Gasteiger partial charge in [0.05, 0.1) is 6.04 Å². The van der Waals surface area contributed by atoms with Crippen molar-refractivity contribution in [1.29, 1.82) is 0 Å². The van der Waals surface area contributed by atoms with Gasteiger partial charge in [-0.05, 0) is 43.0 Å². The Morgan fingerprint density at radius 2 is 1.96 bits per heavy atom. The molecule has 5 heteroatoms. The maximum Gasteiger partial charge on any atom is 0.251 e. The lowest BCUT2D eigenvalue weighted by molar-refractivity contribution is -0.116. The minimum atomic E-state index is -0.182. The fraction of sp³-hybridized carbons (Fsp3) is 0.364. The molecule has 5 nitrogen and oxygen atoms in total. The van der Waals surface area contributed by atoms with E-state index in [4.69, 9.17) is 4.74 Å². The molecule has 1 unspecified atom stereocenters. The number of amides is 2. The van der Waals surface area contributed by atoms with E-state index in [1.54, 1.807) is 12.1 Å². The second-order valence-electron chi connectivity index (χ2n) is 7.39. The molecule has 1 heterocycles. The highest BCUT2D eigenvalue weighted by molar-refractivity contribution is 5.98. The van der Waals surface area contributed by atoms with Gasteiger partial charge in [0.2, 0.25) is 5.91 Å². The summed E-state index contributed by atoms with van der Waals surface area (Å²) >= 11 is 0. The number of hydrogen-bond acceptors (Lipinski definition) is 3. The number of para-hydroxylation sites is 1. The molecule has 27 heavy (non-hydrogen) atoms. The zero-order valence-electron chi connectivity index (χ0n) is 16.0. The molecule has 2 aromatic carbocycles. The Morgan fingerprint density at radius 1 is 1.19 bits per heavy atom. The largest absolute Gasteiger partial charge is 0.491 e. The average molecular weight is 366 g/mol. The molecule has 2 aromatic rings. The highest BCUT2D eigenvalue weighted by atomic mass is 16.5. The molecule has 1 aliphatic rings. The van der Waals surface area contributed by atoms with Crippen LogP contribution in [-0.2, 0) is 4.79 Å². The molecule has 0 fully saturated rings. The molecule has 0 spiro atoms. The van der Waals surface area contributed by atoms with Crippen molar-refractivity contribution < 1.29 is 14.3 Å². The lowest BCUT2D eigenvalue weighted by Crippen LogP contribution is -2.29. The number of carbonyl (C=O) groups is 2. The standard InChI is InChI=1S/C22H26N2O3/c1-14(2)8-11-21(25)23-18-12-16(10-9-15(18)3)22(26)24-19-13-27-20-7-5-4-6-17(19)20/h4-7,9-10,12,14,19H,8,11,13H2,1-3H3,(H,23,25)(H,24,26). The van der Waals surface area contributed by atoms with E-state index in [9.17, 15) is 9.59 Å². The van der Waals surface area contributed by atoms with Gasteiger partial charge in [-0.25, -0.2) is 0 Å². The molecule has 1 aliphatic heterocycles. The third-order valence-electron chi connectivity index (χ3n) is 4.73. The molecule has 0 aliphatic carbocycles. The van der Waals surface area contributed by atoms with Crippen LogP contribution < -0.4 is 15.4 Å². The fourth-order valence-electron chi connectivity index (χ4n) is 3.05. The number of anilines is 1. The number of fused-ring (bicyclic) bond motifs is 1. The van der Waals surface area contributed by atoms with E-state index >= 15 is 0 Å². The normalized spacial score (nSPS) is 15.2. The van der Waals surface area contributed by atoms with E-state index in [1.807, 2.05) is 37.3 Å². The zero-order valence-corrected chi connectivity index (χ0v) is 16.0. The highest BCUT2D eigenvalue weighted by Gasteiger charge is 2.25. The highest BCUT2D eigenvalue weighted by Crippen LogP contribution is 2.32. The molecule has 0 saturated carbocycles. The third-order valence-corrected chi connectivity index (χ3v) is 4.73. The lowest BCUT2D eigenvalue weighted by Gasteiger charge is -2.14. The van der Waals surface area contributed by atoms with Gasteiger partial charge in [0.15, 0.2) is 0 Å². The van der Waals surface area contributed by atoms with Gasteiger partial charge >= 0.3 is 0 Å². The first-order valence-electron chi connectivity index (χ1n) is 9.37. The van der Waals surface area contributed by atoms with Gasteiger partial charge in [-0.3, -0.25) is 9.59 Å². The van der Waals surface area contributed by atoms with E-state index in [-0.39, 0.29) is 17.9 Å². The Kier molecular flexibility index (Phi) is 5.79. The summed E-state index contributed by atoms with van der Waals surface area (Å²) in [6.45, 7) is 6.53. The van der Waals surface area contributed by atoms with Gasteiger partial charge in [-0.2, -0.15) is 0 Å². The molecule has 0 radical (unpaired) electrons. The maximum absolute atomic E-state index is 12.7. The summed E-state index contributed by atoms with van der Waals surface area (Å²) in [4.78, 5) is 24.8. The lowest BCUT2D eigenvalue weighted by atomic mass is 10.1. The smallest absolute Gasteiger partial charge is 0.251 e. The Bertz CT molecular complexity index is 845. The molecule has 0 bridgehead atoms. The molecule has 2 N–H and O–H groups in total. The Hall–Kier alpha value is -2.82. The van der Waals surface area contributed by atoms with E-state index in [1.165, 1.54) is 0 Å². The van der Waals surface area contributed by atoms with Crippen LogP contribution in [0.4, 0.5) is 5.69 Å². The quantitative estimate of drug-likeness (QED) is 0.804. The van der Waals surface area contributed by atoms with Crippen molar-refractivity contribution in [2.75, 3.05) is 11.9 Å². The summed E-state index contributed by atoms with van der Waals surface area (Å²) in [5.74, 6) is 1.08. The first kappa shape index (κ1) is 19.0. The van der Waals surface area contributed by atoms with Crippen molar-refractivity contribution in [1.82, 2.24) is 5.32 Å². The van der Waals surface area contributed by atoms with Crippen LogP contribution in [0.5, 0.6) is 5.75 Å². The zero-order chi connectivity index (χ0) is 19.4. The Morgan fingerprint density at radius 3 is 2.74 bits per heavy atom. The predicted molar refractivity (Wildman–Crippen MR) is 106 cm³/mol. The minimum Gasteiger partial charge on any atom is -0.491 e. The van der Waals surface area contributed by atoms with Gasteiger partial charge in [-0.1, -0.05) is 38.1 Å². The van der Waals surface area contributed by atoms with Crippen LogP contribution in [0.15, 0.2) is 42.5 Å². The molecule has 142 valence electrons. The van der Waals surface area contributed by atoms with Crippen molar-refractivity contribution in [2.24, 2.45) is 5.92 Å². The molecule has 3 rings (SSSR count). The molecule has 1 atom stereocenters. The Balaban J connectivity index is 1.68. The number of carbonyl (C=O) groups excluding carboxylic acids is 2. The van der Waals surface area contributed by atoms with Crippen molar-refractivity contribution in [3.63, 3.8) is 0 Å². The Labute approximate surface area is 160 Å². The third kappa shape index (κ3) is 4.67. The molecular weight excluding hydrogens is 340 g/mol. The second-order valence-corrected chi connectivity index (χ2v) is 7.39. The average Bonchev–Trinajstić information content (AvgIpc) is 3.05. The van der Waals surface area contributed by atoms with E-state index in [0.29, 0.717) is 30.2 Å². The SMILES string of the molecule is Cc1ccc(C(=O)NC2COc3ccccc32)cc1NC(=O)CCC(C)C. The van der Waals surface area contributed by atoms with E-state index in [2.05, 4.69) is 24.5 Å². The summed E-state index contributed by atoms with van der Waals surface area (Å²) in [6, 6.07) is 12.9. The summed E-state index contributed by atoms with van der Waals surface area (Å²) in [6.07, 6.45) is 1.32. The first-order valence-corrected chi connectivity index (χ1v) is 9.37. The van der Waals surface area contributed by atoms with Crippen molar-refractivity contribution in [3.05, 3.63) is 59.2 Å². The van der Waals surface area contributed by atoms with Gasteiger partial charge < -0.3 is 15.4 Å². The van der Waals surface area contributed by atoms with Crippen LogP contribution in [0.25, 0.3) is 0 Å². The van der Waals surface area contributed by atoms with Crippen LogP contribution in [-0.4, -0.2) is 18.4 Å². The van der Waals surface area contributed by atoms with Crippen molar-refractivity contribution in [3.8, 4) is 5.75 Å². The predicted octanol–water partition coefficient (Wildman–Crippen LogP) is 4.23. The van der Waals surface area contributed by atoms with Crippen LogP contribution in [0, 0.1) is 12.8 Å². The van der Waals surface area contributed by atoms with E-state index < -0.39 is 0 Å². The van der Waals surface area contributed by atoms with Crippen molar-refractivity contribution >= 4 is 17.5 Å². The van der Waals surface area contributed by atoms with Crippen LogP contribution in [0.1, 0.15) is 54.2 Å². The second kappa shape index (κ2) is 8.25. The maximum atomic E-state index is 12.7. The first-order chi connectivity index (χ1) is 12.9. The number of ether oxygens (including phenoxy) is 1. The monoisotopic (exact) mass is 366 g/mol. The topological polar surface area (TPSA) is 67.4 Å². The van der Waals surface area contributed by atoms with Gasteiger partial charge in [0.1, 0.15) is 12.4 Å². The number of aryl methyl sites for hydroxylation is 1. The molecule has 2 amide bonds. The van der Waals surface area contributed by atoms with Gasteiger partial charge in [-0.15, -0.1) is 0 Å². The molecule has 0 saturated heterocycles. The van der Waals surface area contributed by atoms with E-state index in [0.717, 1.165) is 23.3 Å². The molecule has 0 aromatic heterocycles. The number of benzene rings is 2. The summed E-state index contributed by atoms with van der Waals surface area (Å²) < 4.78 is 5.62. The minimum absolute atomic E-state index is 0.0255. The van der Waals surface area contributed by atoms with Gasteiger partial charge in [0, 0.05) is 23.2 Å². The summed E-state index contributed by atoms with van der Waals surface area (Å²) in [5, 5.41) is 5.94. The fourth-order valence-corrected chi connectivity index (χ4v) is 3.05. The summed E-state index contributed by atoms with van der Waals surface area (Å²) in [7, 11) is 0. The van der Waals surface area contributed by atoms with Crippen LogP contribution >= 0.6 is 0 Å². The van der Waals surface area contributed by atoms with Gasteiger partial charge in [0.25, 0.3) is 5.91 Å². The summed E-state index contributed by atoms with van der Waals surface area (Å²) in [5.41, 5.74) is 3.11. The number of nitrogens with one attached hydrogen (secondary N) is 2. The number of hydrogen-bond donors (Lipinski definition) is 2. The number of rotatable bonds is 6. The van der Waals surface area contributed by atoms with Crippen LogP contribution in [0.3, 0.4) is 0 Å². The van der Waals surface area contributed by atoms with Crippen molar-refractivity contribution in [2.45, 2.75) is 39.7 Å². The van der Waals surface area contributed by atoms with Crippen LogP contribution in [0.2, 0.25) is 0 Å².